The summed E-state index contributed by atoms with van der Waals surface area (Å²) in [5.41, 5.74) is 0.921. The van der Waals surface area contributed by atoms with E-state index < -0.39 is 5.97 Å². The number of benzene rings is 1. The predicted molar refractivity (Wildman–Crippen MR) is 71.1 cm³/mol. The third-order valence-corrected chi connectivity index (χ3v) is 2.82. The van der Waals surface area contributed by atoms with Gasteiger partial charge in [-0.2, -0.15) is 0 Å². The quantitative estimate of drug-likeness (QED) is 0.808. The maximum Gasteiger partial charge on any atom is 0.358 e. The standard InChI is InChI=1S/C13H13ClN2O3/c1-3-19-13(17)11-7-16(8-15-11)12-6-9(18-2)4-5-10(12)14/h4-8H,3H2,1-2H3. The SMILES string of the molecule is CCOC(=O)c1cn(-c2cc(OC)ccc2Cl)cn1. The Morgan fingerprint density at radius 1 is 1.47 bits per heavy atom. The molecule has 0 atom stereocenters. The number of halogens is 1. The number of nitrogens with zero attached hydrogens (tertiary/aromatic N) is 2. The molecule has 2 aromatic rings. The lowest BCUT2D eigenvalue weighted by Gasteiger charge is -2.07. The number of ether oxygens (including phenoxy) is 2. The van der Waals surface area contributed by atoms with Gasteiger partial charge in [0.25, 0.3) is 0 Å². The van der Waals surface area contributed by atoms with Crippen LogP contribution in [-0.4, -0.2) is 29.2 Å². The summed E-state index contributed by atoms with van der Waals surface area (Å²) in [5.74, 6) is 0.214. The Morgan fingerprint density at radius 2 is 2.26 bits per heavy atom. The molecule has 2 rings (SSSR count). The van der Waals surface area contributed by atoms with Gasteiger partial charge in [0.15, 0.2) is 5.69 Å². The van der Waals surface area contributed by atoms with E-state index in [9.17, 15) is 4.79 Å². The molecule has 100 valence electrons. The van der Waals surface area contributed by atoms with Crippen LogP contribution >= 0.6 is 11.6 Å². The van der Waals surface area contributed by atoms with E-state index in [1.165, 1.54) is 6.33 Å². The maximum atomic E-state index is 11.5. The molecular weight excluding hydrogens is 268 g/mol. The fourth-order valence-corrected chi connectivity index (χ4v) is 1.80. The van der Waals surface area contributed by atoms with Crippen molar-refractivity contribution in [2.45, 2.75) is 6.92 Å². The first-order valence-electron chi connectivity index (χ1n) is 5.70. The monoisotopic (exact) mass is 280 g/mol. The molecular formula is C13H13ClN2O3. The molecule has 0 amide bonds. The van der Waals surface area contributed by atoms with Crippen LogP contribution in [0.1, 0.15) is 17.4 Å². The van der Waals surface area contributed by atoms with Gasteiger partial charge in [0.05, 0.1) is 24.4 Å². The number of carbonyl (C=O) groups excluding carboxylic acids is 1. The molecule has 0 aliphatic rings. The highest BCUT2D eigenvalue weighted by Gasteiger charge is 2.12. The van der Waals surface area contributed by atoms with Crippen LogP contribution in [0.2, 0.25) is 5.02 Å². The minimum Gasteiger partial charge on any atom is -0.497 e. The van der Waals surface area contributed by atoms with Crippen LogP contribution < -0.4 is 4.74 Å². The fourth-order valence-electron chi connectivity index (χ4n) is 1.58. The summed E-state index contributed by atoms with van der Waals surface area (Å²) in [6.45, 7) is 2.05. The van der Waals surface area contributed by atoms with E-state index in [4.69, 9.17) is 21.1 Å². The van der Waals surface area contributed by atoms with Crippen LogP contribution in [0.5, 0.6) is 5.75 Å². The van der Waals surface area contributed by atoms with E-state index in [0.29, 0.717) is 23.1 Å². The van der Waals surface area contributed by atoms with E-state index in [1.807, 2.05) is 0 Å². The number of imidazole rings is 1. The van der Waals surface area contributed by atoms with Crippen molar-refractivity contribution in [3.8, 4) is 11.4 Å². The van der Waals surface area contributed by atoms with Crippen LogP contribution in [0.3, 0.4) is 0 Å². The van der Waals surface area contributed by atoms with Crippen molar-refractivity contribution in [2.24, 2.45) is 0 Å². The minimum atomic E-state index is -0.458. The molecule has 0 saturated carbocycles. The number of esters is 1. The van der Waals surface area contributed by atoms with E-state index in [-0.39, 0.29) is 5.69 Å². The molecule has 0 spiro atoms. The second-order valence-corrected chi connectivity index (χ2v) is 4.11. The zero-order valence-corrected chi connectivity index (χ0v) is 11.3. The summed E-state index contributed by atoms with van der Waals surface area (Å²) in [5, 5.41) is 0.536. The Balaban J connectivity index is 2.34. The van der Waals surface area contributed by atoms with Crippen LogP contribution in [0.25, 0.3) is 5.69 Å². The first-order chi connectivity index (χ1) is 9.15. The molecule has 0 radical (unpaired) electrons. The molecule has 19 heavy (non-hydrogen) atoms. The smallest absolute Gasteiger partial charge is 0.358 e. The summed E-state index contributed by atoms with van der Waals surface area (Å²) in [6.07, 6.45) is 3.07. The van der Waals surface area contributed by atoms with Crippen molar-refractivity contribution in [1.29, 1.82) is 0 Å². The van der Waals surface area contributed by atoms with E-state index in [0.717, 1.165) is 0 Å². The Morgan fingerprint density at radius 3 is 2.95 bits per heavy atom. The van der Waals surface area contributed by atoms with Crippen molar-refractivity contribution in [3.63, 3.8) is 0 Å². The fraction of sp³-hybridized carbons (Fsp3) is 0.231. The first kappa shape index (κ1) is 13.4. The average Bonchev–Trinajstić information content (AvgIpc) is 2.89. The lowest BCUT2D eigenvalue weighted by atomic mass is 10.3. The van der Waals surface area contributed by atoms with Gasteiger partial charge in [-0.3, -0.25) is 0 Å². The van der Waals surface area contributed by atoms with Crippen LogP contribution in [0.4, 0.5) is 0 Å². The van der Waals surface area contributed by atoms with Gasteiger partial charge in [-0.05, 0) is 19.1 Å². The van der Waals surface area contributed by atoms with Gasteiger partial charge in [0.1, 0.15) is 12.1 Å². The van der Waals surface area contributed by atoms with E-state index >= 15 is 0 Å². The number of hydrogen-bond donors (Lipinski definition) is 0. The van der Waals surface area contributed by atoms with Gasteiger partial charge < -0.3 is 14.0 Å². The summed E-state index contributed by atoms with van der Waals surface area (Å²) >= 11 is 6.12. The van der Waals surface area contributed by atoms with Gasteiger partial charge >= 0.3 is 5.97 Å². The number of methoxy groups -OCH3 is 1. The van der Waals surface area contributed by atoms with Crippen molar-refractivity contribution in [3.05, 3.63) is 41.4 Å². The topological polar surface area (TPSA) is 53.4 Å². The zero-order valence-electron chi connectivity index (χ0n) is 10.6. The Labute approximate surface area is 115 Å². The Kier molecular flexibility index (Phi) is 4.06. The Hall–Kier alpha value is -2.01. The molecule has 0 saturated heterocycles. The normalized spacial score (nSPS) is 10.3. The summed E-state index contributed by atoms with van der Waals surface area (Å²) in [6, 6.07) is 5.24. The lowest BCUT2D eigenvalue weighted by molar-refractivity contribution is 0.0520. The lowest BCUT2D eigenvalue weighted by Crippen LogP contribution is -2.04. The number of rotatable bonds is 4. The third kappa shape index (κ3) is 2.88. The zero-order chi connectivity index (χ0) is 13.8. The molecule has 0 aliphatic carbocycles. The largest absolute Gasteiger partial charge is 0.497 e. The molecule has 1 aromatic carbocycles. The van der Waals surface area contributed by atoms with Gasteiger partial charge in [-0.25, -0.2) is 9.78 Å². The minimum absolute atomic E-state index is 0.237. The predicted octanol–water partition coefficient (Wildman–Crippen LogP) is 2.71. The van der Waals surface area contributed by atoms with Crippen molar-refractivity contribution in [1.82, 2.24) is 9.55 Å². The van der Waals surface area contributed by atoms with Crippen molar-refractivity contribution < 1.29 is 14.3 Å². The highest BCUT2D eigenvalue weighted by Crippen LogP contribution is 2.25. The van der Waals surface area contributed by atoms with Crippen molar-refractivity contribution >= 4 is 17.6 Å². The van der Waals surface area contributed by atoms with Crippen LogP contribution in [0.15, 0.2) is 30.7 Å². The summed E-state index contributed by atoms with van der Waals surface area (Å²) in [7, 11) is 1.57. The molecule has 1 heterocycles. The molecule has 0 fully saturated rings. The summed E-state index contributed by atoms with van der Waals surface area (Å²) < 4.78 is 11.7. The van der Waals surface area contributed by atoms with Gasteiger partial charge in [0, 0.05) is 12.3 Å². The third-order valence-electron chi connectivity index (χ3n) is 2.50. The van der Waals surface area contributed by atoms with Crippen LogP contribution in [0, 0.1) is 0 Å². The molecule has 6 heteroatoms. The number of aromatic nitrogens is 2. The van der Waals surface area contributed by atoms with Gasteiger partial charge in [-0.15, -0.1) is 0 Å². The van der Waals surface area contributed by atoms with Gasteiger partial charge in [0.2, 0.25) is 0 Å². The second kappa shape index (κ2) is 5.75. The van der Waals surface area contributed by atoms with E-state index in [2.05, 4.69) is 4.98 Å². The highest BCUT2D eigenvalue weighted by atomic mass is 35.5. The van der Waals surface area contributed by atoms with Crippen LogP contribution in [-0.2, 0) is 4.74 Å². The number of carbonyl (C=O) groups is 1. The summed E-state index contributed by atoms with van der Waals surface area (Å²) in [4.78, 5) is 15.5. The number of hydrogen-bond acceptors (Lipinski definition) is 4. The van der Waals surface area contributed by atoms with Gasteiger partial charge in [-0.1, -0.05) is 11.6 Å². The average molecular weight is 281 g/mol. The molecule has 0 unspecified atom stereocenters. The molecule has 0 bridgehead atoms. The van der Waals surface area contributed by atoms with Crippen molar-refractivity contribution in [2.75, 3.05) is 13.7 Å². The van der Waals surface area contributed by atoms with E-state index in [1.54, 1.807) is 43.0 Å². The second-order valence-electron chi connectivity index (χ2n) is 3.70. The maximum absolute atomic E-state index is 11.5. The molecule has 0 N–H and O–H groups in total. The molecule has 5 nitrogen and oxygen atoms in total. The molecule has 0 aliphatic heterocycles. The Bertz CT molecular complexity index is 595. The highest BCUT2D eigenvalue weighted by molar-refractivity contribution is 6.32. The first-order valence-corrected chi connectivity index (χ1v) is 6.08. The molecule has 1 aromatic heterocycles.